The molecular weight excluding hydrogens is 777 g/mol. The van der Waals surface area contributed by atoms with Crippen LogP contribution in [0.2, 0.25) is 0 Å². The minimum absolute atomic E-state index is 0.106. The van der Waals surface area contributed by atoms with Crippen molar-refractivity contribution in [1.29, 1.82) is 0 Å². The molecule has 0 aliphatic carbocycles. The van der Waals surface area contributed by atoms with Crippen LogP contribution in [0.4, 0.5) is 15.8 Å². The monoisotopic (exact) mass is 813 g/mol. The Hall–Kier alpha value is -6.63. The summed E-state index contributed by atoms with van der Waals surface area (Å²) in [5.74, 6) is -9.54. The molecule has 59 heavy (non-hydrogen) atoms. The van der Waals surface area contributed by atoms with Crippen molar-refractivity contribution in [2.24, 2.45) is 0 Å². The molecule has 0 N–H and O–H groups in total. The summed E-state index contributed by atoms with van der Waals surface area (Å²) in [4.78, 5) is 93.3. The topological polar surface area (TPSA) is 203 Å². The predicted molar refractivity (Wildman–Crippen MR) is 200 cm³/mol. The van der Waals surface area contributed by atoms with Gasteiger partial charge in [0, 0.05) is 62.8 Å². The maximum atomic E-state index is 17.0. The van der Waals surface area contributed by atoms with Crippen LogP contribution in [0.15, 0.2) is 30.5 Å². The van der Waals surface area contributed by atoms with E-state index in [1.54, 1.807) is 18.2 Å². The molecule has 2 aromatic heterocycles. The van der Waals surface area contributed by atoms with E-state index in [1.165, 1.54) is 0 Å². The van der Waals surface area contributed by atoms with E-state index in [4.69, 9.17) is 33.2 Å². The van der Waals surface area contributed by atoms with Gasteiger partial charge in [-0.05, 0) is 18.6 Å². The molecule has 0 spiro atoms. The Morgan fingerprint density at radius 1 is 0.712 bits per heavy atom. The normalized spacial score (nSPS) is 21.7. The molecule has 9 rings (SSSR count). The number of methoxy groups -OCH3 is 1. The lowest BCUT2D eigenvalue weighted by Crippen LogP contribution is -2.56. The van der Waals surface area contributed by atoms with E-state index in [1.807, 2.05) is 24.3 Å². The van der Waals surface area contributed by atoms with Gasteiger partial charge >= 0.3 is 35.8 Å². The van der Waals surface area contributed by atoms with Gasteiger partial charge in [0.2, 0.25) is 17.2 Å². The number of benzene rings is 2. The maximum absolute atomic E-state index is 17.0. The molecule has 18 nitrogen and oxygen atoms in total. The highest BCUT2D eigenvalue weighted by Gasteiger charge is 2.43. The minimum atomic E-state index is -1.35. The third kappa shape index (κ3) is 7.15. The average Bonchev–Trinajstić information content (AvgIpc) is 3.23. The SMILES string of the molecule is COc1cc(N2CCN(C3CCN4c5c(c6c(F)c7c(c8c(nc57)OC(=O)CCC(=O)O8)OC(=O)CCC(=O)O6)OC(=O)CCC(=O)OC4C3)CC2)c2ncccc2c1. The van der Waals surface area contributed by atoms with Crippen LogP contribution in [-0.2, 0) is 33.5 Å². The Balaban J connectivity index is 1.13. The highest BCUT2D eigenvalue weighted by Crippen LogP contribution is 2.54. The summed E-state index contributed by atoms with van der Waals surface area (Å²) in [5, 5.41) is 0.342. The lowest BCUT2D eigenvalue weighted by Gasteiger charge is -2.46. The van der Waals surface area contributed by atoms with Crippen LogP contribution in [-0.4, -0.2) is 103 Å². The summed E-state index contributed by atoms with van der Waals surface area (Å²) in [6, 6.07) is 7.65. The third-order valence-corrected chi connectivity index (χ3v) is 11.0. The molecule has 2 atom stereocenters. The molecule has 5 aliphatic rings. The second-order valence-electron chi connectivity index (χ2n) is 14.6. The van der Waals surface area contributed by atoms with Crippen LogP contribution in [0.5, 0.6) is 34.6 Å². The van der Waals surface area contributed by atoms with Gasteiger partial charge in [0.1, 0.15) is 17.0 Å². The molecule has 2 unspecified atom stereocenters. The minimum Gasteiger partial charge on any atom is -0.497 e. The van der Waals surface area contributed by atoms with Gasteiger partial charge in [0.05, 0.1) is 62.2 Å². The molecule has 0 amide bonds. The zero-order chi connectivity index (χ0) is 40.9. The number of piperazine rings is 1. The number of nitrogens with zero attached hydrogens (tertiary/aromatic N) is 5. The first-order valence-corrected chi connectivity index (χ1v) is 19.2. The van der Waals surface area contributed by atoms with Crippen LogP contribution in [0.1, 0.15) is 51.4 Å². The van der Waals surface area contributed by atoms with E-state index in [-0.39, 0.29) is 43.1 Å². The number of carbonyl (C=O) groups excluding carboxylic acids is 6. The van der Waals surface area contributed by atoms with E-state index in [2.05, 4.69) is 19.8 Å². The third-order valence-electron chi connectivity index (χ3n) is 11.0. The van der Waals surface area contributed by atoms with Crippen LogP contribution < -0.4 is 38.2 Å². The molecule has 0 radical (unpaired) electrons. The maximum Gasteiger partial charge on any atom is 0.313 e. The largest absolute Gasteiger partial charge is 0.497 e. The first kappa shape index (κ1) is 37.9. The zero-order valence-corrected chi connectivity index (χ0v) is 31.7. The molecule has 4 aromatic rings. The highest BCUT2D eigenvalue weighted by molar-refractivity contribution is 6.06. The Kier molecular flexibility index (Phi) is 9.82. The van der Waals surface area contributed by atoms with E-state index < -0.39 is 108 Å². The van der Waals surface area contributed by atoms with E-state index in [0.717, 1.165) is 16.6 Å². The molecule has 19 heteroatoms. The van der Waals surface area contributed by atoms with Gasteiger partial charge in [-0.3, -0.25) is 38.7 Å². The lowest BCUT2D eigenvalue weighted by molar-refractivity contribution is -0.153. The molecular formula is C40H36FN5O13. The van der Waals surface area contributed by atoms with Gasteiger partial charge in [-0.2, -0.15) is 0 Å². The number of hydrogen-bond acceptors (Lipinski definition) is 18. The quantitative estimate of drug-likeness (QED) is 0.215. The Bertz CT molecular complexity index is 2470. The number of piperidine rings is 1. The van der Waals surface area contributed by atoms with Crippen molar-refractivity contribution in [3.63, 3.8) is 0 Å². The number of carbonyl (C=O) groups is 6. The first-order chi connectivity index (χ1) is 28.5. The summed E-state index contributed by atoms with van der Waals surface area (Å²) in [6.07, 6.45) is -1.33. The standard InChI is InChI=1S/C40H36FN5O13/c1-53-22-17-20-3-2-11-42-33(20)23(19-22)45-15-13-44(14-16-45)21-10-12-46-24(18-21)54-25(47)4-5-28(50)57-38-35(46)34-31-32(41)37(38)56-27(49)7-6-26(48)55-36(31)39-40(43-34)59-30(52)9-8-29(51)58-39/h2-3,11,17,19,21,24H,4-10,12-16,18H2,1H3. The van der Waals surface area contributed by atoms with Crippen molar-refractivity contribution in [3.05, 3.63) is 36.3 Å². The van der Waals surface area contributed by atoms with Crippen LogP contribution in [0.25, 0.3) is 21.8 Å². The van der Waals surface area contributed by atoms with Gasteiger partial charge in [0.15, 0.2) is 17.8 Å². The van der Waals surface area contributed by atoms with E-state index >= 15 is 4.39 Å². The smallest absolute Gasteiger partial charge is 0.313 e. The number of rotatable bonds is 3. The van der Waals surface area contributed by atoms with Gasteiger partial charge < -0.3 is 43.0 Å². The number of anilines is 2. The molecule has 2 fully saturated rings. The molecule has 2 saturated heterocycles. The van der Waals surface area contributed by atoms with Crippen molar-refractivity contribution in [3.8, 4) is 34.6 Å². The number of hydrogen-bond donors (Lipinski definition) is 0. The fourth-order valence-corrected chi connectivity index (χ4v) is 8.12. The van der Waals surface area contributed by atoms with Gasteiger partial charge in [-0.1, -0.05) is 6.07 Å². The van der Waals surface area contributed by atoms with Crippen LogP contribution in [0, 0.1) is 5.82 Å². The fourth-order valence-electron chi connectivity index (χ4n) is 8.12. The number of ether oxygens (including phenoxy) is 7. The summed E-state index contributed by atoms with van der Waals surface area (Å²) in [7, 11) is 1.62. The summed E-state index contributed by atoms with van der Waals surface area (Å²) < 4.78 is 56.4. The Morgan fingerprint density at radius 2 is 1.34 bits per heavy atom. The van der Waals surface area contributed by atoms with Gasteiger partial charge in [-0.25, -0.2) is 9.37 Å². The lowest BCUT2D eigenvalue weighted by atomic mass is 9.98. The Labute approximate surface area is 333 Å². The van der Waals surface area contributed by atoms with Crippen molar-refractivity contribution >= 4 is 69.0 Å². The number of pyridine rings is 2. The molecule has 5 aliphatic heterocycles. The number of esters is 6. The van der Waals surface area contributed by atoms with E-state index in [9.17, 15) is 28.8 Å². The van der Waals surface area contributed by atoms with Crippen molar-refractivity contribution < 1.29 is 66.3 Å². The van der Waals surface area contributed by atoms with Crippen LogP contribution >= 0.6 is 0 Å². The summed E-state index contributed by atoms with van der Waals surface area (Å²) >= 11 is 0. The first-order valence-electron chi connectivity index (χ1n) is 19.2. The molecule has 0 saturated carbocycles. The second kappa shape index (κ2) is 15.3. The molecule has 2 aromatic carbocycles. The average molecular weight is 814 g/mol. The number of fused-ring (bicyclic) bond motifs is 9. The number of halogens is 1. The van der Waals surface area contributed by atoms with Crippen molar-refractivity contribution in [2.75, 3.05) is 49.6 Å². The van der Waals surface area contributed by atoms with Crippen molar-refractivity contribution in [1.82, 2.24) is 14.9 Å². The predicted octanol–water partition coefficient (Wildman–Crippen LogP) is 3.50. The number of aromatic nitrogens is 2. The molecule has 2 bridgehead atoms. The van der Waals surface area contributed by atoms with Crippen molar-refractivity contribution in [2.45, 2.75) is 63.6 Å². The van der Waals surface area contributed by atoms with Crippen LogP contribution in [0.3, 0.4) is 0 Å². The highest BCUT2D eigenvalue weighted by atomic mass is 19.1. The van der Waals surface area contributed by atoms with E-state index in [0.29, 0.717) is 38.3 Å². The fraction of sp³-hybridized carbons (Fsp3) is 0.400. The summed E-state index contributed by atoms with van der Waals surface area (Å²) in [5.41, 5.74) is 1.24. The van der Waals surface area contributed by atoms with Gasteiger partial charge in [0.25, 0.3) is 5.88 Å². The Morgan fingerprint density at radius 3 is 2.03 bits per heavy atom. The van der Waals surface area contributed by atoms with Gasteiger partial charge in [-0.15, -0.1) is 0 Å². The summed E-state index contributed by atoms with van der Waals surface area (Å²) in [6.45, 7) is 2.70. The molecule has 7 heterocycles. The zero-order valence-electron chi connectivity index (χ0n) is 31.7. The molecule has 306 valence electrons. The second-order valence-corrected chi connectivity index (χ2v) is 14.6.